The van der Waals surface area contributed by atoms with Crippen LogP contribution in [0, 0.1) is 24.2 Å². The van der Waals surface area contributed by atoms with Gasteiger partial charge in [-0.05, 0) is 31.0 Å². The van der Waals surface area contributed by atoms with Crippen LogP contribution in [0.25, 0.3) is 0 Å². The van der Waals surface area contributed by atoms with Crippen molar-refractivity contribution >= 4 is 15.8 Å². The van der Waals surface area contributed by atoms with E-state index in [1.165, 1.54) is 16.4 Å². The van der Waals surface area contributed by atoms with Crippen LogP contribution in [0.2, 0.25) is 0 Å². The summed E-state index contributed by atoms with van der Waals surface area (Å²) >= 11 is 0. The summed E-state index contributed by atoms with van der Waals surface area (Å²) in [5.74, 6) is 0.879. The number of hydrogen-bond donors (Lipinski definition) is 0. The van der Waals surface area contributed by atoms with Crippen LogP contribution in [0.1, 0.15) is 25.2 Å². The molecule has 0 saturated carbocycles. The summed E-state index contributed by atoms with van der Waals surface area (Å²) in [6.45, 7) is 5.81. The standard InChI is InChI=1S/C15H17N3O3S/c1-11(2)10-18(15-7-12(3)21-17-15)22(19,20)14-6-4-5-13(8-14)9-16/h4-8,11H,10H2,1-3H3. The van der Waals surface area contributed by atoms with E-state index in [-0.39, 0.29) is 23.2 Å². The zero-order valence-corrected chi connectivity index (χ0v) is 13.5. The van der Waals surface area contributed by atoms with Crippen molar-refractivity contribution in [2.75, 3.05) is 10.8 Å². The predicted octanol–water partition coefficient (Wildman–Crippen LogP) is 2.71. The molecule has 22 heavy (non-hydrogen) atoms. The van der Waals surface area contributed by atoms with Crippen molar-refractivity contribution < 1.29 is 12.9 Å². The molecule has 7 heteroatoms. The molecule has 0 aliphatic carbocycles. The Bertz CT molecular complexity index is 803. The van der Waals surface area contributed by atoms with Gasteiger partial charge in [0.15, 0.2) is 5.82 Å². The first kappa shape index (κ1) is 16.0. The Balaban J connectivity index is 2.51. The molecule has 116 valence electrons. The second kappa shape index (κ2) is 6.20. The van der Waals surface area contributed by atoms with E-state index in [1.54, 1.807) is 25.1 Å². The molecule has 1 aromatic heterocycles. The van der Waals surface area contributed by atoms with Gasteiger partial charge in [0.25, 0.3) is 10.0 Å². The maximum atomic E-state index is 12.9. The quantitative estimate of drug-likeness (QED) is 0.845. The number of aryl methyl sites for hydroxylation is 1. The molecule has 2 rings (SSSR count). The molecule has 0 atom stereocenters. The molecular formula is C15H17N3O3S. The molecule has 0 bridgehead atoms. The normalized spacial score (nSPS) is 11.4. The van der Waals surface area contributed by atoms with Gasteiger partial charge < -0.3 is 4.52 Å². The van der Waals surface area contributed by atoms with Crippen LogP contribution in [0.3, 0.4) is 0 Å². The van der Waals surface area contributed by atoms with E-state index in [4.69, 9.17) is 9.78 Å². The lowest BCUT2D eigenvalue weighted by atomic mass is 10.2. The molecule has 0 aliphatic heterocycles. The minimum absolute atomic E-state index is 0.0628. The van der Waals surface area contributed by atoms with Gasteiger partial charge in [-0.3, -0.25) is 0 Å². The second-order valence-electron chi connectivity index (χ2n) is 5.37. The second-order valence-corrected chi connectivity index (χ2v) is 7.23. The van der Waals surface area contributed by atoms with Gasteiger partial charge in [-0.15, -0.1) is 0 Å². The first-order valence-electron chi connectivity index (χ1n) is 6.81. The zero-order valence-electron chi connectivity index (χ0n) is 12.6. The molecule has 6 nitrogen and oxygen atoms in total. The Morgan fingerprint density at radius 3 is 2.64 bits per heavy atom. The summed E-state index contributed by atoms with van der Waals surface area (Å²) in [4.78, 5) is 0.0628. The fourth-order valence-corrected chi connectivity index (χ4v) is 3.58. The number of aromatic nitrogens is 1. The molecule has 1 heterocycles. The average Bonchev–Trinajstić information content (AvgIpc) is 2.90. The topological polar surface area (TPSA) is 87.2 Å². The number of anilines is 1. The van der Waals surface area contributed by atoms with Crippen molar-refractivity contribution in [3.63, 3.8) is 0 Å². The number of sulfonamides is 1. The van der Waals surface area contributed by atoms with Crippen molar-refractivity contribution in [2.24, 2.45) is 5.92 Å². The summed E-state index contributed by atoms with van der Waals surface area (Å²) < 4.78 is 32.0. The van der Waals surface area contributed by atoms with E-state index in [9.17, 15) is 8.42 Å². The van der Waals surface area contributed by atoms with Crippen LogP contribution in [-0.4, -0.2) is 20.1 Å². The fourth-order valence-electron chi connectivity index (χ4n) is 1.97. The molecule has 0 unspecified atom stereocenters. The molecule has 0 radical (unpaired) electrons. The summed E-state index contributed by atoms with van der Waals surface area (Å²) in [5, 5.41) is 12.8. The fraction of sp³-hybridized carbons (Fsp3) is 0.333. The van der Waals surface area contributed by atoms with Crippen LogP contribution in [0.4, 0.5) is 5.82 Å². The largest absolute Gasteiger partial charge is 0.360 e. The van der Waals surface area contributed by atoms with E-state index < -0.39 is 10.0 Å². The monoisotopic (exact) mass is 319 g/mol. The van der Waals surface area contributed by atoms with E-state index in [1.807, 2.05) is 19.9 Å². The Hall–Kier alpha value is -2.33. The molecule has 0 aliphatic rings. The number of hydrogen-bond acceptors (Lipinski definition) is 5. The van der Waals surface area contributed by atoms with Gasteiger partial charge in [0.1, 0.15) is 5.76 Å². The highest BCUT2D eigenvalue weighted by Gasteiger charge is 2.28. The molecule has 0 fully saturated rings. The molecule has 0 N–H and O–H groups in total. The van der Waals surface area contributed by atoms with Gasteiger partial charge in [-0.25, -0.2) is 12.7 Å². The molecule has 0 amide bonds. The van der Waals surface area contributed by atoms with Crippen LogP contribution < -0.4 is 4.31 Å². The van der Waals surface area contributed by atoms with Crippen LogP contribution in [-0.2, 0) is 10.0 Å². The molecule has 1 aromatic carbocycles. The minimum Gasteiger partial charge on any atom is -0.360 e. The maximum absolute atomic E-state index is 12.9. The van der Waals surface area contributed by atoms with Gasteiger partial charge in [0, 0.05) is 12.6 Å². The van der Waals surface area contributed by atoms with Gasteiger partial charge in [-0.2, -0.15) is 5.26 Å². The van der Waals surface area contributed by atoms with Crippen molar-refractivity contribution in [3.8, 4) is 6.07 Å². The van der Waals surface area contributed by atoms with E-state index in [2.05, 4.69) is 5.16 Å². The Morgan fingerprint density at radius 2 is 2.09 bits per heavy atom. The molecule has 0 spiro atoms. The SMILES string of the molecule is Cc1cc(N(CC(C)C)S(=O)(=O)c2cccc(C#N)c2)no1. The first-order chi connectivity index (χ1) is 10.3. The maximum Gasteiger partial charge on any atom is 0.265 e. The summed E-state index contributed by atoms with van der Waals surface area (Å²) in [5.41, 5.74) is 0.293. The lowest BCUT2D eigenvalue weighted by molar-refractivity contribution is 0.398. The summed E-state index contributed by atoms with van der Waals surface area (Å²) in [6.07, 6.45) is 0. The Kier molecular flexibility index (Phi) is 4.52. The minimum atomic E-state index is -3.81. The number of nitriles is 1. The molecule has 0 saturated heterocycles. The van der Waals surface area contributed by atoms with Crippen molar-refractivity contribution in [3.05, 3.63) is 41.7 Å². The van der Waals surface area contributed by atoms with Gasteiger partial charge in [0.2, 0.25) is 0 Å². The number of benzene rings is 1. The van der Waals surface area contributed by atoms with E-state index in [0.717, 1.165) is 0 Å². The number of rotatable bonds is 5. The molecule has 2 aromatic rings. The first-order valence-corrected chi connectivity index (χ1v) is 8.25. The highest BCUT2D eigenvalue weighted by atomic mass is 32.2. The smallest absolute Gasteiger partial charge is 0.265 e. The number of nitrogens with zero attached hydrogens (tertiary/aromatic N) is 3. The predicted molar refractivity (Wildman–Crippen MR) is 81.8 cm³/mol. The van der Waals surface area contributed by atoms with Crippen LogP contribution in [0.5, 0.6) is 0 Å². The van der Waals surface area contributed by atoms with Crippen molar-refractivity contribution in [2.45, 2.75) is 25.7 Å². The van der Waals surface area contributed by atoms with E-state index >= 15 is 0 Å². The summed E-state index contributed by atoms with van der Waals surface area (Å²) in [6, 6.07) is 9.46. The lowest BCUT2D eigenvalue weighted by Crippen LogP contribution is -2.34. The van der Waals surface area contributed by atoms with Crippen molar-refractivity contribution in [1.82, 2.24) is 5.16 Å². The Morgan fingerprint density at radius 1 is 1.36 bits per heavy atom. The third-order valence-corrected chi connectivity index (χ3v) is 4.72. The molecular weight excluding hydrogens is 302 g/mol. The van der Waals surface area contributed by atoms with Gasteiger partial charge >= 0.3 is 0 Å². The third-order valence-electron chi connectivity index (χ3n) is 2.95. The van der Waals surface area contributed by atoms with Gasteiger partial charge in [0.05, 0.1) is 16.5 Å². The Labute approximate surface area is 130 Å². The van der Waals surface area contributed by atoms with Crippen LogP contribution in [0.15, 0.2) is 39.8 Å². The van der Waals surface area contributed by atoms with Gasteiger partial charge in [-0.1, -0.05) is 25.1 Å². The van der Waals surface area contributed by atoms with Crippen LogP contribution >= 0.6 is 0 Å². The highest BCUT2D eigenvalue weighted by Crippen LogP contribution is 2.25. The lowest BCUT2D eigenvalue weighted by Gasteiger charge is -2.23. The third kappa shape index (κ3) is 3.28. The average molecular weight is 319 g/mol. The zero-order chi connectivity index (χ0) is 16.3. The summed E-state index contributed by atoms with van der Waals surface area (Å²) in [7, 11) is -3.81. The highest BCUT2D eigenvalue weighted by molar-refractivity contribution is 7.92. The van der Waals surface area contributed by atoms with Crippen molar-refractivity contribution in [1.29, 1.82) is 5.26 Å². The van der Waals surface area contributed by atoms with E-state index in [0.29, 0.717) is 11.3 Å².